The standard InChI is InChI=1S/C10H8FNO2/c1-7(5-12)14-10-8(6-13)3-2-4-9(10)11/h2-4,6-7H,1H3. The number of carbonyl (C=O) groups excluding carboxylic acids is 1. The Morgan fingerprint density at radius 2 is 2.36 bits per heavy atom. The lowest BCUT2D eigenvalue weighted by Crippen LogP contribution is -2.10. The summed E-state index contributed by atoms with van der Waals surface area (Å²) in [6.45, 7) is 1.47. The van der Waals surface area contributed by atoms with E-state index in [2.05, 4.69) is 0 Å². The highest BCUT2D eigenvalue weighted by molar-refractivity contribution is 5.79. The van der Waals surface area contributed by atoms with Crippen LogP contribution in [0.25, 0.3) is 0 Å². The predicted octanol–water partition coefficient (Wildman–Crippen LogP) is 1.93. The van der Waals surface area contributed by atoms with Crippen molar-refractivity contribution in [3.05, 3.63) is 29.6 Å². The zero-order chi connectivity index (χ0) is 10.6. The normalized spacial score (nSPS) is 11.5. The Morgan fingerprint density at radius 3 is 2.93 bits per heavy atom. The van der Waals surface area contributed by atoms with Crippen LogP contribution in [0.2, 0.25) is 0 Å². The van der Waals surface area contributed by atoms with E-state index in [0.717, 1.165) is 0 Å². The first-order valence-electron chi connectivity index (χ1n) is 3.99. The second kappa shape index (κ2) is 4.38. The first kappa shape index (κ1) is 10.2. The largest absolute Gasteiger partial charge is 0.472 e. The highest BCUT2D eigenvalue weighted by atomic mass is 19.1. The zero-order valence-corrected chi connectivity index (χ0v) is 7.53. The molecule has 0 spiro atoms. The molecule has 1 aromatic rings. The third kappa shape index (κ3) is 2.07. The molecule has 0 aliphatic carbocycles. The SMILES string of the molecule is CC(C#N)Oc1c(F)cccc1C=O. The Balaban J connectivity index is 3.06. The number of hydrogen-bond acceptors (Lipinski definition) is 3. The van der Waals surface area contributed by atoms with Gasteiger partial charge in [0.05, 0.1) is 5.56 Å². The monoisotopic (exact) mass is 193 g/mol. The quantitative estimate of drug-likeness (QED) is 0.689. The van der Waals surface area contributed by atoms with Gasteiger partial charge >= 0.3 is 0 Å². The van der Waals surface area contributed by atoms with Crippen LogP contribution in [0.4, 0.5) is 4.39 Å². The summed E-state index contributed by atoms with van der Waals surface area (Å²) in [5.74, 6) is -0.812. The summed E-state index contributed by atoms with van der Waals surface area (Å²) in [5.41, 5.74) is 0.104. The Kier molecular flexibility index (Phi) is 3.19. The van der Waals surface area contributed by atoms with Crippen molar-refractivity contribution < 1.29 is 13.9 Å². The first-order chi connectivity index (χ1) is 6.69. The third-order valence-corrected chi connectivity index (χ3v) is 1.60. The van der Waals surface area contributed by atoms with Crippen molar-refractivity contribution in [2.75, 3.05) is 0 Å². The maximum atomic E-state index is 13.1. The lowest BCUT2D eigenvalue weighted by molar-refractivity contribution is 0.111. The van der Waals surface area contributed by atoms with Crippen LogP contribution < -0.4 is 4.74 Å². The molecule has 1 rings (SSSR count). The summed E-state index contributed by atoms with van der Waals surface area (Å²) in [7, 11) is 0. The molecule has 4 heteroatoms. The van der Waals surface area contributed by atoms with Crippen LogP contribution >= 0.6 is 0 Å². The van der Waals surface area contributed by atoms with Crippen LogP contribution in [-0.2, 0) is 0 Å². The summed E-state index contributed by atoms with van der Waals surface area (Å²) in [6, 6.07) is 5.79. The maximum Gasteiger partial charge on any atom is 0.181 e. The van der Waals surface area contributed by atoms with Crippen molar-refractivity contribution in [3.63, 3.8) is 0 Å². The topological polar surface area (TPSA) is 50.1 Å². The van der Waals surface area contributed by atoms with Crippen LogP contribution in [-0.4, -0.2) is 12.4 Å². The number of halogens is 1. The smallest absolute Gasteiger partial charge is 0.181 e. The van der Waals surface area contributed by atoms with E-state index in [1.165, 1.54) is 25.1 Å². The maximum absolute atomic E-state index is 13.1. The minimum Gasteiger partial charge on any atom is -0.472 e. The second-order valence-corrected chi connectivity index (χ2v) is 2.67. The summed E-state index contributed by atoms with van der Waals surface area (Å²) in [5, 5.41) is 8.46. The van der Waals surface area contributed by atoms with Crippen LogP contribution in [0.3, 0.4) is 0 Å². The summed E-state index contributed by atoms with van der Waals surface area (Å²) in [4.78, 5) is 10.5. The molecule has 0 saturated carbocycles. The molecular formula is C10H8FNO2. The van der Waals surface area contributed by atoms with Crippen LogP contribution in [0.15, 0.2) is 18.2 Å². The van der Waals surface area contributed by atoms with Gasteiger partial charge in [-0.15, -0.1) is 0 Å². The van der Waals surface area contributed by atoms with E-state index >= 15 is 0 Å². The Morgan fingerprint density at radius 1 is 1.64 bits per heavy atom. The molecule has 1 aromatic carbocycles. The van der Waals surface area contributed by atoms with Gasteiger partial charge in [0, 0.05) is 0 Å². The van der Waals surface area contributed by atoms with E-state index in [0.29, 0.717) is 6.29 Å². The van der Waals surface area contributed by atoms with Crippen molar-refractivity contribution in [2.24, 2.45) is 0 Å². The Hall–Kier alpha value is -1.89. The third-order valence-electron chi connectivity index (χ3n) is 1.60. The van der Waals surface area contributed by atoms with Gasteiger partial charge in [0.25, 0.3) is 0 Å². The molecule has 3 nitrogen and oxygen atoms in total. The fraction of sp³-hybridized carbons (Fsp3) is 0.200. The van der Waals surface area contributed by atoms with Crippen molar-refractivity contribution in [1.29, 1.82) is 5.26 Å². The molecule has 0 radical (unpaired) electrons. The fourth-order valence-corrected chi connectivity index (χ4v) is 0.946. The lowest BCUT2D eigenvalue weighted by Gasteiger charge is -2.09. The molecule has 72 valence electrons. The van der Waals surface area contributed by atoms with Gasteiger partial charge in [-0.25, -0.2) is 4.39 Å². The molecule has 0 aliphatic rings. The molecule has 0 N–H and O–H groups in total. The molecule has 0 bridgehead atoms. The number of rotatable bonds is 3. The van der Waals surface area contributed by atoms with Gasteiger partial charge in [-0.1, -0.05) is 6.07 Å². The van der Waals surface area contributed by atoms with Crippen molar-refractivity contribution >= 4 is 6.29 Å². The van der Waals surface area contributed by atoms with E-state index in [1.54, 1.807) is 6.07 Å². The predicted molar refractivity (Wildman–Crippen MR) is 47.5 cm³/mol. The van der Waals surface area contributed by atoms with Gasteiger partial charge in [-0.2, -0.15) is 5.26 Å². The van der Waals surface area contributed by atoms with Crippen LogP contribution in [0.5, 0.6) is 5.75 Å². The highest BCUT2D eigenvalue weighted by Gasteiger charge is 2.11. The molecule has 0 aliphatic heterocycles. The minimum absolute atomic E-state index is 0.104. The molecule has 0 aromatic heterocycles. The number of aldehydes is 1. The van der Waals surface area contributed by atoms with E-state index in [4.69, 9.17) is 10.00 Å². The van der Waals surface area contributed by atoms with Gasteiger partial charge in [0.1, 0.15) is 6.07 Å². The number of nitrogens with zero attached hydrogens (tertiary/aromatic N) is 1. The molecule has 0 heterocycles. The number of nitriles is 1. The van der Waals surface area contributed by atoms with Gasteiger partial charge in [0.2, 0.25) is 0 Å². The van der Waals surface area contributed by atoms with Crippen LogP contribution in [0.1, 0.15) is 17.3 Å². The molecule has 1 unspecified atom stereocenters. The van der Waals surface area contributed by atoms with E-state index < -0.39 is 11.9 Å². The molecule has 0 amide bonds. The van der Waals surface area contributed by atoms with Gasteiger partial charge in [-0.05, 0) is 19.1 Å². The Labute approximate surface area is 80.7 Å². The van der Waals surface area contributed by atoms with E-state index in [1.807, 2.05) is 0 Å². The molecular weight excluding hydrogens is 185 g/mol. The van der Waals surface area contributed by atoms with Gasteiger partial charge in [-0.3, -0.25) is 4.79 Å². The van der Waals surface area contributed by atoms with Crippen LogP contribution in [0, 0.1) is 17.1 Å². The number of para-hydroxylation sites is 1. The highest BCUT2D eigenvalue weighted by Crippen LogP contribution is 2.22. The fourth-order valence-electron chi connectivity index (χ4n) is 0.946. The summed E-state index contributed by atoms with van der Waals surface area (Å²) >= 11 is 0. The average molecular weight is 193 g/mol. The minimum atomic E-state index is -0.786. The average Bonchev–Trinajstić information content (AvgIpc) is 2.20. The van der Waals surface area contributed by atoms with Crippen molar-refractivity contribution in [2.45, 2.75) is 13.0 Å². The first-order valence-corrected chi connectivity index (χ1v) is 3.99. The molecule has 0 saturated heterocycles. The lowest BCUT2D eigenvalue weighted by atomic mass is 10.2. The molecule has 14 heavy (non-hydrogen) atoms. The van der Waals surface area contributed by atoms with Gasteiger partial charge < -0.3 is 4.74 Å². The second-order valence-electron chi connectivity index (χ2n) is 2.67. The number of benzene rings is 1. The number of hydrogen-bond donors (Lipinski definition) is 0. The number of carbonyl (C=O) groups is 1. The van der Waals surface area contributed by atoms with Crippen molar-refractivity contribution in [1.82, 2.24) is 0 Å². The molecule has 1 atom stereocenters. The zero-order valence-electron chi connectivity index (χ0n) is 7.53. The summed E-state index contributed by atoms with van der Waals surface area (Å²) < 4.78 is 18.1. The number of ether oxygens (including phenoxy) is 1. The van der Waals surface area contributed by atoms with Crippen molar-refractivity contribution in [3.8, 4) is 11.8 Å². The van der Waals surface area contributed by atoms with E-state index in [-0.39, 0.29) is 11.3 Å². The van der Waals surface area contributed by atoms with Gasteiger partial charge in [0.15, 0.2) is 24.0 Å². The summed E-state index contributed by atoms with van der Waals surface area (Å²) in [6.07, 6.45) is -0.298. The molecule has 0 fully saturated rings. The van der Waals surface area contributed by atoms with E-state index in [9.17, 15) is 9.18 Å². The Bertz CT molecular complexity index is 384.